The Balaban J connectivity index is 1.36. The molecule has 3 aromatic rings. The summed E-state index contributed by atoms with van der Waals surface area (Å²) in [6, 6.07) is 17.1. The van der Waals surface area contributed by atoms with Gasteiger partial charge in [0.15, 0.2) is 0 Å². The van der Waals surface area contributed by atoms with Gasteiger partial charge >= 0.3 is 6.03 Å². The van der Waals surface area contributed by atoms with Gasteiger partial charge in [-0.3, -0.25) is 9.80 Å². The highest BCUT2D eigenvalue weighted by Crippen LogP contribution is 2.47. The molecular formula is C28H29F2N3O. The van der Waals surface area contributed by atoms with Crippen molar-refractivity contribution in [1.29, 1.82) is 0 Å². The lowest BCUT2D eigenvalue weighted by Gasteiger charge is -2.40. The van der Waals surface area contributed by atoms with Crippen molar-refractivity contribution in [2.24, 2.45) is 0 Å². The molecule has 1 N–H and O–H groups in total. The normalized spacial score (nSPS) is 17.1. The third-order valence-electron chi connectivity index (χ3n) is 7.37. The Bertz CT molecular complexity index is 1200. The number of aryl methyl sites for hydroxylation is 2. The number of urea groups is 1. The quantitative estimate of drug-likeness (QED) is 0.507. The van der Waals surface area contributed by atoms with Gasteiger partial charge in [0.25, 0.3) is 0 Å². The van der Waals surface area contributed by atoms with E-state index in [0.717, 1.165) is 66.1 Å². The van der Waals surface area contributed by atoms with E-state index in [9.17, 15) is 13.6 Å². The maximum absolute atomic E-state index is 14.3. The molecule has 5 rings (SSSR count). The summed E-state index contributed by atoms with van der Waals surface area (Å²) in [5, 5.41) is 3.10. The van der Waals surface area contributed by atoms with E-state index >= 15 is 0 Å². The molecule has 0 aliphatic carbocycles. The molecule has 0 bridgehead atoms. The second kappa shape index (κ2) is 8.84. The van der Waals surface area contributed by atoms with Gasteiger partial charge in [0.1, 0.15) is 11.6 Å². The molecule has 0 saturated carbocycles. The number of nitrogens with one attached hydrogen (secondary N) is 1. The number of amides is 2. The lowest BCUT2D eigenvalue weighted by molar-refractivity contribution is 0.160. The third kappa shape index (κ3) is 4.18. The highest BCUT2D eigenvalue weighted by molar-refractivity contribution is 6.04. The Morgan fingerprint density at radius 2 is 1.59 bits per heavy atom. The first kappa shape index (κ1) is 22.5. The van der Waals surface area contributed by atoms with E-state index in [1.807, 2.05) is 44.2 Å². The van der Waals surface area contributed by atoms with Crippen molar-refractivity contribution in [3.8, 4) is 0 Å². The number of carbonyl (C=O) groups excluding carboxylic acids is 1. The molecule has 0 aromatic heterocycles. The summed E-state index contributed by atoms with van der Waals surface area (Å²) in [4.78, 5) is 17.5. The van der Waals surface area contributed by atoms with Crippen molar-refractivity contribution >= 4 is 17.4 Å². The Labute approximate surface area is 199 Å². The molecule has 2 aliphatic rings. The van der Waals surface area contributed by atoms with Crippen molar-refractivity contribution in [3.63, 3.8) is 0 Å². The standard InChI is InChI=1S/C28H29F2N3O/c1-19-4-3-5-20(2)26(19)31-27(34)33-18-28(24-16-23(30)10-11-25(24)33)12-14-32(15-13-28)17-21-6-8-22(29)9-7-21/h3-11,16H,12-15,17-18H2,1-2H3,(H,31,34). The van der Waals surface area contributed by atoms with Crippen LogP contribution in [0.2, 0.25) is 0 Å². The van der Waals surface area contributed by atoms with E-state index in [1.54, 1.807) is 17.0 Å². The molecule has 0 atom stereocenters. The van der Waals surface area contributed by atoms with E-state index in [0.29, 0.717) is 6.54 Å². The minimum absolute atomic E-state index is 0.184. The Hall–Kier alpha value is -3.25. The van der Waals surface area contributed by atoms with Gasteiger partial charge in [0.05, 0.1) is 0 Å². The molecule has 2 aliphatic heterocycles. The fourth-order valence-corrected chi connectivity index (χ4v) is 5.42. The minimum Gasteiger partial charge on any atom is -0.307 e. The van der Waals surface area contributed by atoms with E-state index in [4.69, 9.17) is 0 Å². The van der Waals surface area contributed by atoms with Crippen molar-refractivity contribution < 1.29 is 13.6 Å². The number of nitrogens with zero attached hydrogens (tertiary/aromatic N) is 2. The first-order valence-corrected chi connectivity index (χ1v) is 11.8. The van der Waals surface area contributed by atoms with Gasteiger partial charge in [-0.15, -0.1) is 0 Å². The van der Waals surface area contributed by atoms with Crippen LogP contribution >= 0.6 is 0 Å². The Kier molecular flexibility index (Phi) is 5.86. The first-order valence-electron chi connectivity index (χ1n) is 11.8. The minimum atomic E-state index is -0.274. The number of halogens is 2. The molecule has 1 fully saturated rings. The van der Waals surface area contributed by atoms with Crippen LogP contribution in [0.3, 0.4) is 0 Å². The molecule has 6 heteroatoms. The number of piperidine rings is 1. The number of hydrogen-bond donors (Lipinski definition) is 1. The lowest BCUT2D eigenvalue weighted by Crippen LogP contribution is -2.46. The highest BCUT2D eigenvalue weighted by Gasteiger charge is 2.46. The Morgan fingerprint density at radius 3 is 2.26 bits per heavy atom. The number of carbonyl (C=O) groups is 1. The van der Waals surface area contributed by atoms with Gasteiger partial charge in [-0.25, -0.2) is 13.6 Å². The van der Waals surface area contributed by atoms with Crippen molar-refractivity contribution in [2.45, 2.75) is 38.6 Å². The number of anilines is 2. The predicted octanol–water partition coefficient (Wildman–Crippen LogP) is 6.17. The summed E-state index contributed by atoms with van der Waals surface area (Å²) in [7, 11) is 0. The average molecular weight is 462 g/mol. The van der Waals surface area contributed by atoms with E-state index in [2.05, 4.69) is 10.2 Å². The van der Waals surface area contributed by atoms with Crippen molar-refractivity contribution in [1.82, 2.24) is 4.90 Å². The van der Waals surface area contributed by atoms with Crippen LogP contribution in [0.25, 0.3) is 0 Å². The van der Waals surface area contributed by atoms with E-state index in [-0.39, 0.29) is 23.1 Å². The van der Waals surface area contributed by atoms with Crippen molar-refractivity contribution in [2.75, 3.05) is 29.9 Å². The summed E-state index contributed by atoms with van der Waals surface area (Å²) >= 11 is 0. The van der Waals surface area contributed by atoms with Gasteiger partial charge < -0.3 is 5.32 Å². The number of hydrogen-bond acceptors (Lipinski definition) is 2. The fraction of sp³-hybridized carbons (Fsp3) is 0.321. The van der Waals surface area contributed by atoms with Gasteiger partial charge in [-0.05, 0) is 92.4 Å². The van der Waals surface area contributed by atoms with Gasteiger partial charge in [-0.1, -0.05) is 30.3 Å². The second-order valence-corrected chi connectivity index (χ2v) is 9.63. The lowest BCUT2D eigenvalue weighted by atomic mass is 9.74. The van der Waals surface area contributed by atoms with Gasteiger partial charge in [-0.2, -0.15) is 0 Å². The topological polar surface area (TPSA) is 35.6 Å². The summed E-state index contributed by atoms with van der Waals surface area (Å²) in [6.07, 6.45) is 1.66. The summed E-state index contributed by atoms with van der Waals surface area (Å²) in [5.74, 6) is -0.505. The molecule has 34 heavy (non-hydrogen) atoms. The van der Waals surface area contributed by atoms with Crippen LogP contribution in [0, 0.1) is 25.5 Å². The fourth-order valence-electron chi connectivity index (χ4n) is 5.42. The van der Waals surface area contributed by atoms with E-state index < -0.39 is 0 Å². The summed E-state index contributed by atoms with van der Waals surface area (Å²) in [6.45, 7) is 6.91. The number of para-hydroxylation sites is 1. The number of rotatable bonds is 3. The molecule has 1 saturated heterocycles. The monoisotopic (exact) mass is 461 g/mol. The molecule has 0 radical (unpaired) electrons. The molecule has 2 heterocycles. The van der Waals surface area contributed by atoms with Crippen LogP contribution in [-0.2, 0) is 12.0 Å². The van der Waals surface area contributed by atoms with Crippen LogP contribution in [0.5, 0.6) is 0 Å². The van der Waals surface area contributed by atoms with Crippen LogP contribution in [0.4, 0.5) is 25.0 Å². The number of benzene rings is 3. The largest absolute Gasteiger partial charge is 0.326 e. The summed E-state index contributed by atoms with van der Waals surface area (Å²) < 4.78 is 27.6. The molecule has 3 aromatic carbocycles. The zero-order valence-electron chi connectivity index (χ0n) is 19.6. The molecule has 4 nitrogen and oxygen atoms in total. The SMILES string of the molecule is Cc1cccc(C)c1NC(=O)N1CC2(CCN(Cc3ccc(F)cc3)CC2)c2cc(F)ccc21. The highest BCUT2D eigenvalue weighted by atomic mass is 19.1. The molecular weight excluding hydrogens is 432 g/mol. The average Bonchev–Trinajstić information content (AvgIpc) is 3.13. The number of likely N-dealkylation sites (tertiary alicyclic amines) is 1. The van der Waals surface area contributed by atoms with E-state index in [1.165, 1.54) is 18.2 Å². The zero-order valence-corrected chi connectivity index (χ0v) is 19.6. The van der Waals surface area contributed by atoms with Gasteiger partial charge in [0, 0.05) is 29.9 Å². The second-order valence-electron chi connectivity index (χ2n) is 9.63. The first-order chi connectivity index (χ1) is 16.3. The van der Waals surface area contributed by atoms with Crippen LogP contribution in [-0.4, -0.2) is 30.6 Å². The smallest absolute Gasteiger partial charge is 0.307 e. The molecule has 0 unspecified atom stereocenters. The maximum atomic E-state index is 14.3. The van der Waals surface area contributed by atoms with Gasteiger partial charge in [0.2, 0.25) is 0 Å². The Morgan fingerprint density at radius 1 is 0.941 bits per heavy atom. The maximum Gasteiger partial charge on any atom is 0.326 e. The van der Waals surface area contributed by atoms with Crippen LogP contribution in [0.1, 0.15) is 35.1 Å². The third-order valence-corrected chi connectivity index (χ3v) is 7.37. The van der Waals surface area contributed by atoms with Crippen LogP contribution in [0.15, 0.2) is 60.7 Å². The molecule has 1 spiro atoms. The van der Waals surface area contributed by atoms with Crippen molar-refractivity contribution in [3.05, 3.63) is 94.6 Å². The molecule has 2 amide bonds. The number of fused-ring (bicyclic) bond motifs is 2. The zero-order chi connectivity index (χ0) is 23.9. The molecule has 176 valence electrons. The summed E-state index contributed by atoms with van der Waals surface area (Å²) in [5.41, 5.74) is 5.36. The van der Waals surface area contributed by atoms with Crippen LogP contribution < -0.4 is 10.2 Å². The predicted molar refractivity (Wildman–Crippen MR) is 131 cm³/mol.